The summed E-state index contributed by atoms with van der Waals surface area (Å²) in [5.74, 6) is 0. The van der Waals surface area contributed by atoms with Crippen LogP contribution in [0.25, 0.3) is 42.7 Å². The van der Waals surface area contributed by atoms with E-state index in [1.807, 2.05) is 31.3 Å². The zero-order valence-electron chi connectivity index (χ0n) is 14.1. The van der Waals surface area contributed by atoms with Crippen molar-refractivity contribution < 1.29 is 0 Å². The number of benzene rings is 2. The topological polar surface area (TPSA) is 22.0 Å². The van der Waals surface area contributed by atoms with Gasteiger partial charge >= 0.3 is 0 Å². The predicted octanol–water partition coefficient (Wildman–Crippen LogP) is 6.15. The molecule has 0 fully saturated rings. The summed E-state index contributed by atoms with van der Waals surface area (Å²) in [6.07, 6.45) is 0. The second-order valence-corrected chi connectivity index (χ2v) is 8.20. The maximum absolute atomic E-state index is 13.3. The van der Waals surface area contributed by atoms with Crippen molar-refractivity contribution in [1.82, 2.24) is 4.57 Å². The fourth-order valence-corrected chi connectivity index (χ4v) is 4.94. The fourth-order valence-electron chi connectivity index (χ4n) is 3.49. The van der Waals surface area contributed by atoms with Crippen molar-refractivity contribution in [3.63, 3.8) is 0 Å². The molecule has 2 nitrogen and oxygen atoms in total. The van der Waals surface area contributed by atoms with E-state index in [0.29, 0.717) is 0 Å². The van der Waals surface area contributed by atoms with E-state index in [1.165, 1.54) is 9.75 Å². The molecule has 126 valence electrons. The number of rotatable bonds is 2. The van der Waals surface area contributed by atoms with Crippen molar-refractivity contribution in [3.8, 4) is 20.9 Å². The molecule has 0 aliphatic rings. The van der Waals surface area contributed by atoms with Crippen LogP contribution in [0, 0.1) is 0 Å². The van der Waals surface area contributed by atoms with Gasteiger partial charge in [-0.05, 0) is 58.3 Å². The van der Waals surface area contributed by atoms with E-state index in [0.717, 1.165) is 32.9 Å². The molecule has 0 aliphatic carbocycles. The molecule has 26 heavy (non-hydrogen) atoms. The Kier molecular flexibility index (Phi) is 3.55. The van der Waals surface area contributed by atoms with E-state index in [9.17, 15) is 4.79 Å². The molecule has 0 N–H and O–H groups in total. The monoisotopic (exact) mass is 373 g/mol. The molecule has 5 aromatic rings. The predicted molar refractivity (Wildman–Crippen MR) is 113 cm³/mol. The summed E-state index contributed by atoms with van der Waals surface area (Å²) in [4.78, 5) is 15.6. The summed E-state index contributed by atoms with van der Waals surface area (Å²) in [6.45, 7) is 0. The molecule has 0 unspecified atom stereocenters. The molecule has 4 heteroatoms. The van der Waals surface area contributed by atoms with Gasteiger partial charge in [-0.1, -0.05) is 24.3 Å². The zero-order chi connectivity index (χ0) is 17.7. The third-order valence-electron chi connectivity index (χ3n) is 4.82. The number of thiophene rings is 2. The van der Waals surface area contributed by atoms with Crippen LogP contribution in [0.3, 0.4) is 0 Å². The van der Waals surface area contributed by atoms with Crippen LogP contribution in [0.4, 0.5) is 0 Å². The molecule has 2 aromatic carbocycles. The van der Waals surface area contributed by atoms with Crippen LogP contribution >= 0.6 is 22.7 Å². The number of hydrogen-bond acceptors (Lipinski definition) is 3. The lowest BCUT2D eigenvalue weighted by molar-refractivity contribution is 1.00. The molecule has 3 aromatic heterocycles. The number of fused-ring (bicyclic) bond motifs is 2. The Labute approximate surface area is 158 Å². The highest BCUT2D eigenvalue weighted by Crippen LogP contribution is 2.30. The Morgan fingerprint density at radius 3 is 1.65 bits per heavy atom. The molecule has 0 spiro atoms. The van der Waals surface area contributed by atoms with Crippen LogP contribution in [0.15, 0.2) is 76.2 Å². The Morgan fingerprint density at radius 1 is 0.731 bits per heavy atom. The maximum atomic E-state index is 13.3. The first-order valence-electron chi connectivity index (χ1n) is 8.36. The van der Waals surface area contributed by atoms with E-state index in [4.69, 9.17) is 0 Å². The van der Waals surface area contributed by atoms with Gasteiger partial charge in [-0.2, -0.15) is 0 Å². The van der Waals surface area contributed by atoms with Gasteiger partial charge in [0.2, 0.25) is 0 Å². The number of hydrogen-bond donors (Lipinski definition) is 0. The smallest absolute Gasteiger partial charge is 0.197 e. The van der Waals surface area contributed by atoms with Crippen LogP contribution < -0.4 is 5.43 Å². The van der Waals surface area contributed by atoms with Crippen LogP contribution in [0.2, 0.25) is 0 Å². The highest BCUT2D eigenvalue weighted by atomic mass is 32.1. The van der Waals surface area contributed by atoms with Gasteiger partial charge in [-0.15, -0.1) is 22.7 Å². The molecular formula is C22H15NOS2. The van der Waals surface area contributed by atoms with Gasteiger partial charge in [0.1, 0.15) is 0 Å². The van der Waals surface area contributed by atoms with Crippen LogP contribution in [-0.4, -0.2) is 4.57 Å². The molecule has 0 saturated carbocycles. The highest BCUT2D eigenvalue weighted by molar-refractivity contribution is 7.13. The minimum atomic E-state index is 0.102. The Hall–Kier alpha value is -2.69. The van der Waals surface area contributed by atoms with Crippen molar-refractivity contribution >= 4 is 44.5 Å². The van der Waals surface area contributed by atoms with Gasteiger partial charge in [-0.3, -0.25) is 4.79 Å². The quantitative estimate of drug-likeness (QED) is 0.340. The lowest BCUT2D eigenvalue weighted by Crippen LogP contribution is -2.09. The average Bonchev–Trinajstić information content (AvgIpc) is 3.39. The zero-order valence-corrected chi connectivity index (χ0v) is 15.7. The normalized spacial score (nSPS) is 11.4. The first-order valence-corrected chi connectivity index (χ1v) is 10.1. The maximum Gasteiger partial charge on any atom is 0.197 e. The highest BCUT2D eigenvalue weighted by Gasteiger charge is 2.12. The first kappa shape index (κ1) is 15.6. The lowest BCUT2D eigenvalue weighted by atomic mass is 10.0. The van der Waals surface area contributed by atoms with Crippen LogP contribution in [-0.2, 0) is 7.05 Å². The first-order chi connectivity index (χ1) is 12.7. The van der Waals surface area contributed by atoms with Gasteiger partial charge in [0, 0.05) is 27.6 Å². The van der Waals surface area contributed by atoms with Crippen molar-refractivity contribution in [2.75, 3.05) is 0 Å². The van der Waals surface area contributed by atoms with Crippen molar-refractivity contribution in [2.45, 2.75) is 0 Å². The Morgan fingerprint density at radius 2 is 1.23 bits per heavy atom. The summed E-state index contributed by atoms with van der Waals surface area (Å²) in [5.41, 5.74) is 4.22. The van der Waals surface area contributed by atoms with Gasteiger partial charge in [0.25, 0.3) is 0 Å². The largest absolute Gasteiger partial charge is 0.343 e. The molecular weight excluding hydrogens is 358 g/mol. The minimum absolute atomic E-state index is 0.102. The van der Waals surface area contributed by atoms with Gasteiger partial charge in [0.15, 0.2) is 5.43 Å². The average molecular weight is 374 g/mol. The fraction of sp³-hybridized carbons (Fsp3) is 0.0455. The molecule has 0 bridgehead atoms. The van der Waals surface area contributed by atoms with Crippen molar-refractivity contribution in [3.05, 3.63) is 81.6 Å². The number of nitrogens with zero attached hydrogens (tertiary/aromatic N) is 1. The summed E-state index contributed by atoms with van der Waals surface area (Å²) >= 11 is 3.38. The summed E-state index contributed by atoms with van der Waals surface area (Å²) in [5, 5.41) is 5.67. The third-order valence-corrected chi connectivity index (χ3v) is 6.65. The molecule has 0 aliphatic heterocycles. The van der Waals surface area contributed by atoms with E-state index in [-0.39, 0.29) is 5.43 Å². The molecule has 0 radical (unpaired) electrons. The number of aromatic nitrogens is 1. The molecule has 0 atom stereocenters. The van der Waals surface area contributed by atoms with Gasteiger partial charge in [-0.25, -0.2) is 0 Å². The SMILES string of the molecule is Cn1c2ccc(-c3cccs3)cc2c(=O)c2cc(-c3cccs3)ccc21. The van der Waals surface area contributed by atoms with E-state index < -0.39 is 0 Å². The van der Waals surface area contributed by atoms with Crippen LogP contribution in [0.5, 0.6) is 0 Å². The Balaban J connectivity index is 1.83. The van der Waals surface area contributed by atoms with Gasteiger partial charge < -0.3 is 4.57 Å². The number of pyridine rings is 1. The summed E-state index contributed by atoms with van der Waals surface area (Å²) in [7, 11) is 2.03. The van der Waals surface area contributed by atoms with Gasteiger partial charge in [0.05, 0.1) is 11.0 Å². The number of aryl methyl sites for hydroxylation is 1. The molecule has 0 saturated heterocycles. The lowest BCUT2D eigenvalue weighted by Gasteiger charge is -2.12. The standard InChI is InChI=1S/C22H15NOS2/c1-23-18-8-6-14(20-4-2-10-25-20)12-16(18)22(24)17-13-15(7-9-19(17)23)21-5-3-11-26-21/h2-13H,1H3. The van der Waals surface area contributed by atoms with E-state index in [2.05, 4.69) is 51.7 Å². The minimum Gasteiger partial charge on any atom is -0.343 e. The van der Waals surface area contributed by atoms with Crippen LogP contribution in [0.1, 0.15) is 0 Å². The van der Waals surface area contributed by atoms with E-state index in [1.54, 1.807) is 22.7 Å². The van der Waals surface area contributed by atoms with Crippen molar-refractivity contribution in [2.24, 2.45) is 7.05 Å². The Bertz CT molecular complexity index is 1200. The molecule has 0 amide bonds. The molecule has 3 heterocycles. The molecule has 5 rings (SSSR count). The summed E-state index contributed by atoms with van der Waals surface area (Å²) < 4.78 is 2.11. The second-order valence-electron chi connectivity index (χ2n) is 6.31. The van der Waals surface area contributed by atoms with E-state index >= 15 is 0 Å². The van der Waals surface area contributed by atoms with Crippen molar-refractivity contribution in [1.29, 1.82) is 0 Å². The second kappa shape index (κ2) is 5.94. The summed E-state index contributed by atoms with van der Waals surface area (Å²) in [6, 6.07) is 20.6. The third kappa shape index (κ3) is 2.34.